The topological polar surface area (TPSA) is 89.2 Å². The number of para-hydroxylation sites is 1. The van der Waals surface area contributed by atoms with E-state index in [2.05, 4.69) is 15.8 Å². The second-order valence-corrected chi connectivity index (χ2v) is 5.42. The quantitative estimate of drug-likeness (QED) is 0.743. The molecule has 1 aliphatic rings. The minimum Gasteiger partial charge on any atom is -0.468 e. The average Bonchev–Trinajstić information content (AvgIpc) is 3.18. The highest BCUT2D eigenvalue weighted by molar-refractivity contribution is 5.84. The SMILES string of the molecule is Cc1nc2ccccc2c(=O)n1C1C(=O)NNC1c1ccco1. The van der Waals surface area contributed by atoms with Crippen molar-refractivity contribution in [2.24, 2.45) is 0 Å². The standard InChI is InChI=1S/C16H14N4O3/c1-9-17-11-6-3-2-5-10(11)16(22)20(9)14-13(18-19-15(14)21)12-7-4-8-23-12/h2-8,13-14,18H,1H3,(H,19,21). The predicted octanol–water partition coefficient (Wildman–Crippen LogP) is 1.21. The van der Waals surface area contributed by atoms with Gasteiger partial charge >= 0.3 is 0 Å². The van der Waals surface area contributed by atoms with E-state index in [9.17, 15) is 9.59 Å². The van der Waals surface area contributed by atoms with Gasteiger partial charge in [0.05, 0.1) is 17.2 Å². The lowest BCUT2D eigenvalue weighted by Gasteiger charge is -2.19. The predicted molar refractivity (Wildman–Crippen MR) is 82.5 cm³/mol. The van der Waals surface area contributed by atoms with Crippen LogP contribution < -0.4 is 16.4 Å². The average molecular weight is 310 g/mol. The van der Waals surface area contributed by atoms with Crippen molar-refractivity contribution in [3.05, 3.63) is 64.6 Å². The lowest BCUT2D eigenvalue weighted by atomic mass is 10.1. The summed E-state index contributed by atoms with van der Waals surface area (Å²) < 4.78 is 6.82. The van der Waals surface area contributed by atoms with Gasteiger partial charge in [0.25, 0.3) is 11.5 Å². The smallest absolute Gasteiger partial charge is 0.262 e. The van der Waals surface area contributed by atoms with Crippen LogP contribution in [0.5, 0.6) is 0 Å². The fourth-order valence-electron chi connectivity index (χ4n) is 3.00. The number of carbonyl (C=O) groups is 1. The van der Waals surface area contributed by atoms with Gasteiger partial charge in [-0.15, -0.1) is 0 Å². The minimum atomic E-state index is -0.759. The maximum Gasteiger partial charge on any atom is 0.262 e. The molecule has 0 aliphatic carbocycles. The molecular weight excluding hydrogens is 296 g/mol. The van der Waals surface area contributed by atoms with E-state index in [-0.39, 0.29) is 11.5 Å². The number of furan rings is 1. The maximum atomic E-state index is 12.9. The molecule has 7 heteroatoms. The molecule has 0 saturated carbocycles. The van der Waals surface area contributed by atoms with Crippen LogP contribution in [0.15, 0.2) is 51.9 Å². The van der Waals surface area contributed by atoms with Crippen LogP contribution in [0, 0.1) is 6.92 Å². The lowest BCUT2D eigenvalue weighted by molar-refractivity contribution is -0.122. The molecule has 4 rings (SSSR count). The molecule has 1 fully saturated rings. The number of carbonyl (C=O) groups excluding carboxylic acids is 1. The van der Waals surface area contributed by atoms with Crippen LogP contribution in [0.1, 0.15) is 23.7 Å². The fraction of sp³-hybridized carbons (Fsp3) is 0.188. The molecule has 1 aliphatic heterocycles. The second kappa shape index (κ2) is 5.06. The highest BCUT2D eigenvalue weighted by Gasteiger charge is 2.40. The Bertz CT molecular complexity index is 946. The summed E-state index contributed by atoms with van der Waals surface area (Å²) in [5.74, 6) is 0.760. The highest BCUT2D eigenvalue weighted by Crippen LogP contribution is 2.30. The first-order valence-corrected chi connectivity index (χ1v) is 7.23. The first-order valence-electron chi connectivity index (χ1n) is 7.23. The Kier molecular flexibility index (Phi) is 3.02. The summed E-state index contributed by atoms with van der Waals surface area (Å²) in [6.45, 7) is 1.72. The molecule has 1 amide bonds. The molecule has 2 N–H and O–H groups in total. The molecule has 2 unspecified atom stereocenters. The van der Waals surface area contributed by atoms with Crippen LogP contribution in [0.4, 0.5) is 0 Å². The lowest BCUT2D eigenvalue weighted by Crippen LogP contribution is -2.34. The third-order valence-electron chi connectivity index (χ3n) is 4.05. The number of fused-ring (bicyclic) bond motifs is 1. The normalized spacial score (nSPS) is 20.8. The number of hydrogen-bond donors (Lipinski definition) is 2. The molecule has 2 atom stereocenters. The van der Waals surface area contributed by atoms with Crippen molar-refractivity contribution < 1.29 is 9.21 Å². The van der Waals surface area contributed by atoms with E-state index in [1.165, 1.54) is 10.8 Å². The van der Waals surface area contributed by atoms with Crippen LogP contribution in [0.25, 0.3) is 10.9 Å². The van der Waals surface area contributed by atoms with E-state index in [1.54, 1.807) is 37.3 Å². The number of nitrogens with one attached hydrogen (secondary N) is 2. The van der Waals surface area contributed by atoms with Crippen molar-refractivity contribution in [1.82, 2.24) is 20.4 Å². The molecule has 1 saturated heterocycles. The summed E-state index contributed by atoms with van der Waals surface area (Å²) in [6, 6.07) is 9.37. The first-order chi connectivity index (χ1) is 11.2. The number of hydrazine groups is 1. The fourth-order valence-corrected chi connectivity index (χ4v) is 3.00. The van der Waals surface area contributed by atoms with Gasteiger partial charge in [0, 0.05) is 0 Å². The summed E-state index contributed by atoms with van der Waals surface area (Å²) in [6.07, 6.45) is 1.53. The molecule has 0 spiro atoms. The second-order valence-electron chi connectivity index (χ2n) is 5.42. The zero-order valence-corrected chi connectivity index (χ0v) is 12.3. The number of aromatic nitrogens is 2. The van der Waals surface area contributed by atoms with Gasteiger partial charge in [0.2, 0.25) is 0 Å². The Balaban J connectivity index is 1.93. The zero-order valence-electron chi connectivity index (χ0n) is 12.3. The van der Waals surface area contributed by atoms with Gasteiger partial charge in [-0.3, -0.25) is 19.6 Å². The van der Waals surface area contributed by atoms with Crippen molar-refractivity contribution in [2.75, 3.05) is 0 Å². The first kappa shape index (κ1) is 13.7. The number of benzene rings is 1. The van der Waals surface area contributed by atoms with Crippen molar-refractivity contribution in [3.63, 3.8) is 0 Å². The summed E-state index contributed by atoms with van der Waals surface area (Å²) in [5, 5.41) is 0.482. The summed E-state index contributed by atoms with van der Waals surface area (Å²) in [5.41, 5.74) is 5.83. The van der Waals surface area contributed by atoms with Crippen LogP contribution in [0.3, 0.4) is 0 Å². The van der Waals surface area contributed by atoms with Gasteiger partial charge in [-0.2, -0.15) is 0 Å². The van der Waals surface area contributed by atoms with E-state index in [1.807, 2.05) is 6.07 Å². The highest BCUT2D eigenvalue weighted by atomic mass is 16.3. The number of hydrogen-bond acceptors (Lipinski definition) is 5. The largest absolute Gasteiger partial charge is 0.468 e. The van der Waals surface area contributed by atoms with E-state index < -0.39 is 12.1 Å². The van der Waals surface area contributed by atoms with Crippen molar-refractivity contribution in [1.29, 1.82) is 0 Å². The molecule has 3 aromatic rings. The van der Waals surface area contributed by atoms with Crippen LogP contribution in [0.2, 0.25) is 0 Å². The number of nitrogens with zero attached hydrogens (tertiary/aromatic N) is 2. The van der Waals surface area contributed by atoms with Gasteiger partial charge in [-0.05, 0) is 31.2 Å². The van der Waals surface area contributed by atoms with Crippen molar-refractivity contribution in [3.8, 4) is 0 Å². The van der Waals surface area contributed by atoms with Crippen LogP contribution >= 0.6 is 0 Å². The Morgan fingerprint density at radius 1 is 1.17 bits per heavy atom. The van der Waals surface area contributed by atoms with Crippen LogP contribution in [-0.2, 0) is 4.79 Å². The van der Waals surface area contributed by atoms with Crippen molar-refractivity contribution >= 4 is 16.8 Å². The van der Waals surface area contributed by atoms with E-state index in [0.717, 1.165) is 0 Å². The molecule has 0 radical (unpaired) electrons. The van der Waals surface area contributed by atoms with E-state index in [4.69, 9.17) is 4.42 Å². The Hall–Kier alpha value is -2.93. The minimum absolute atomic E-state index is 0.242. The summed E-state index contributed by atoms with van der Waals surface area (Å²) in [7, 11) is 0. The van der Waals surface area contributed by atoms with Crippen LogP contribution in [-0.4, -0.2) is 15.5 Å². The number of aryl methyl sites for hydroxylation is 1. The van der Waals surface area contributed by atoms with Gasteiger partial charge < -0.3 is 4.42 Å². The molecule has 23 heavy (non-hydrogen) atoms. The molecule has 7 nitrogen and oxygen atoms in total. The van der Waals surface area contributed by atoms with Crippen molar-refractivity contribution in [2.45, 2.75) is 19.0 Å². The maximum absolute atomic E-state index is 12.9. The van der Waals surface area contributed by atoms with Gasteiger partial charge in [0.1, 0.15) is 23.7 Å². The molecule has 3 heterocycles. The van der Waals surface area contributed by atoms with E-state index in [0.29, 0.717) is 22.5 Å². The molecule has 0 bridgehead atoms. The molecule has 2 aromatic heterocycles. The van der Waals surface area contributed by atoms with Gasteiger partial charge in [0.15, 0.2) is 0 Å². The Morgan fingerprint density at radius 3 is 2.78 bits per heavy atom. The summed E-state index contributed by atoms with van der Waals surface area (Å²) in [4.78, 5) is 29.7. The van der Waals surface area contributed by atoms with E-state index >= 15 is 0 Å². The Labute approximate surface area is 130 Å². The third kappa shape index (κ3) is 2.05. The number of rotatable bonds is 2. The molecule has 1 aromatic carbocycles. The molecule has 116 valence electrons. The third-order valence-corrected chi connectivity index (χ3v) is 4.05. The molecular formula is C16H14N4O3. The van der Waals surface area contributed by atoms with Gasteiger partial charge in [-0.1, -0.05) is 12.1 Å². The Morgan fingerprint density at radius 2 is 2.00 bits per heavy atom. The zero-order chi connectivity index (χ0) is 16.0. The monoisotopic (exact) mass is 310 g/mol. The number of amides is 1. The van der Waals surface area contributed by atoms with Gasteiger partial charge in [-0.25, -0.2) is 10.4 Å². The summed E-state index contributed by atoms with van der Waals surface area (Å²) >= 11 is 0.